The summed E-state index contributed by atoms with van der Waals surface area (Å²) >= 11 is 0. The van der Waals surface area contributed by atoms with Gasteiger partial charge in [0.25, 0.3) is 0 Å². The Kier molecular flexibility index (Phi) is 5.76. The first-order valence-corrected chi connectivity index (χ1v) is 12.0. The van der Waals surface area contributed by atoms with Crippen LogP contribution in [0.3, 0.4) is 0 Å². The van der Waals surface area contributed by atoms with E-state index in [-0.39, 0.29) is 4.90 Å². The van der Waals surface area contributed by atoms with Crippen LogP contribution in [-0.4, -0.2) is 58.9 Å². The second-order valence-corrected chi connectivity index (χ2v) is 9.42. The second kappa shape index (κ2) is 9.00. The minimum absolute atomic E-state index is 0.250. The SMILES string of the molecule is O=S(=O)(c1ccc(Oc2ccccc2)cc1)N1CCN(c2ccc(-n3cccn3)nn2)CC1. The Bertz CT molecular complexity index is 1290. The fourth-order valence-corrected chi connectivity index (χ4v) is 5.05. The van der Waals surface area contributed by atoms with E-state index in [2.05, 4.69) is 15.3 Å². The molecule has 10 heteroatoms. The van der Waals surface area contributed by atoms with Crippen molar-refractivity contribution < 1.29 is 13.2 Å². The van der Waals surface area contributed by atoms with Crippen LogP contribution < -0.4 is 9.64 Å². The van der Waals surface area contributed by atoms with Crippen LogP contribution in [0.2, 0.25) is 0 Å². The van der Waals surface area contributed by atoms with Crippen molar-refractivity contribution in [1.29, 1.82) is 0 Å². The summed E-state index contributed by atoms with van der Waals surface area (Å²) in [7, 11) is -3.59. The van der Waals surface area contributed by atoms with E-state index in [1.165, 1.54) is 4.31 Å². The Hall–Kier alpha value is -3.76. The monoisotopic (exact) mass is 462 g/mol. The molecule has 0 radical (unpaired) electrons. The van der Waals surface area contributed by atoms with Crippen molar-refractivity contribution in [2.75, 3.05) is 31.1 Å². The van der Waals surface area contributed by atoms with Gasteiger partial charge < -0.3 is 9.64 Å². The number of aromatic nitrogens is 4. The third kappa shape index (κ3) is 4.57. The molecular formula is C23H22N6O3S. The summed E-state index contributed by atoms with van der Waals surface area (Å²) in [5, 5.41) is 12.6. The molecule has 0 aliphatic carbocycles. The van der Waals surface area contributed by atoms with Crippen molar-refractivity contribution in [3.63, 3.8) is 0 Å². The maximum Gasteiger partial charge on any atom is 0.243 e. The molecule has 2 aromatic heterocycles. The molecule has 0 amide bonds. The predicted octanol–water partition coefficient (Wildman–Crippen LogP) is 2.97. The van der Waals surface area contributed by atoms with Crippen LogP contribution in [0.1, 0.15) is 0 Å². The van der Waals surface area contributed by atoms with Gasteiger partial charge in [-0.1, -0.05) is 18.2 Å². The summed E-state index contributed by atoms with van der Waals surface area (Å²) in [6.45, 7) is 1.80. The van der Waals surface area contributed by atoms with E-state index in [0.717, 1.165) is 0 Å². The summed E-state index contributed by atoms with van der Waals surface area (Å²) < 4.78 is 35.1. The quantitative estimate of drug-likeness (QED) is 0.435. The number of rotatable bonds is 6. The second-order valence-electron chi connectivity index (χ2n) is 7.48. The van der Waals surface area contributed by atoms with Crippen molar-refractivity contribution >= 4 is 15.8 Å². The smallest absolute Gasteiger partial charge is 0.243 e. The molecule has 0 saturated carbocycles. The maximum atomic E-state index is 13.1. The van der Waals surface area contributed by atoms with Gasteiger partial charge in [0.1, 0.15) is 11.5 Å². The van der Waals surface area contributed by atoms with E-state index < -0.39 is 10.0 Å². The van der Waals surface area contributed by atoms with Crippen LogP contribution in [-0.2, 0) is 10.0 Å². The zero-order valence-electron chi connectivity index (χ0n) is 17.7. The van der Waals surface area contributed by atoms with E-state index in [4.69, 9.17) is 4.74 Å². The Labute approximate surface area is 191 Å². The van der Waals surface area contributed by atoms with Gasteiger partial charge in [-0.3, -0.25) is 0 Å². The Morgan fingerprint density at radius 2 is 1.39 bits per heavy atom. The number of anilines is 1. The summed E-state index contributed by atoms with van der Waals surface area (Å²) in [4.78, 5) is 2.28. The van der Waals surface area contributed by atoms with Crippen molar-refractivity contribution in [3.05, 3.63) is 85.2 Å². The number of piperazine rings is 1. The zero-order valence-corrected chi connectivity index (χ0v) is 18.5. The van der Waals surface area contributed by atoms with Gasteiger partial charge >= 0.3 is 0 Å². The van der Waals surface area contributed by atoms with Gasteiger partial charge in [-0.25, -0.2) is 13.1 Å². The van der Waals surface area contributed by atoms with Crippen LogP contribution in [0.25, 0.3) is 5.82 Å². The van der Waals surface area contributed by atoms with Gasteiger partial charge in [-0.15, -0.1) is 10.2 Å². The topological polar surface area (TPSA) is 93.5 Å². The summed E-state index contributed by atoms with van der Waals surface area (Å²) in [5.74, 6) is 2.63. The molecule has 0 spiro atoms. The highest BCUT2D eigenvalue weighted by Gasteiger charge is 2.29. The third-order valence-electron chi connectivity index (χ3n) is 5.38. The summed E-state index contributed by atoms with van der Waals surface area (Å²) in [6, 6.07) is 21.4. The first kappa shape index (κ1) is 21.1. The van der Waals surface area contributed by atoms with Gasteiger partial charge in [0.05, 0.1) is 4.90 Å². The minimum Gasteiger partial charge on any atom is -0.457 e. The fraction of sp³-hybridized carbons (Fsp3) is 0.174. The van der Waals surface area contributed by atoms with Gasteiger partial charge in [0.2, 0.25) is 10.0 Å². The lowest BCUT2D eigenvalue weighted by Gasteiger charge is -2.34. The van der Waals surface area contributed by atoms with Crippen LogP contribution in [0.5, 0.6) is 11.5 Å². The van der Waals surface area contributed by atoms with E-state index in [9.17, 15) is 8.42 Å². The number of benzene rings is 2. The van der Waals surface area contributed by atoms with Crippen molar-refractivity contribution in [1.82, 2.24) is 24.3 Å². The van der Waals surface area contributed by atoms with Gasteiger partial charge in [0, 0.05) is 38.6 Å². The number of hydrogen-bond donors (Lipinski definition) is 0. The van der Waals surface area contributed by atoms with E-state index in [1.807, 2.05) is 53.4 Å². The zero-order chi connectivity index (χ0) is 22.7. The normalized spacial score (nSPS) is 14.8. The number of nitrogens with zero attached hydrogens (tertiary/aromatic N) is 6. The van der Waals surface area contributed by atoms with Crippen molar-refractivity contribution in [2.24, 2.45) is 0 Å². The first-order chi connectivity index (χ1) is 16.1. The van der Waals surface area contributed by atoms with Crippen molar-refractivity contribution in [2.45, 2.75) is 4.90 Å². The number of para-hydroxylation sites is 1. The first-order valence-electron chi connectivity index (χ1n) is 10.5. The van der Waals surface area contributed by atoms with Crippen LogP contribution in [0.4, 0.5) is 5.82 Å². The number of sulfonamides is 1. The molecule has 0 bridgehead atoms. The molecule has 1 fully saturated rings. The minimum atomic E-state index is -3.59. The average molecular weight is 463 g/mol. The molecule has 0 atom stereocenters. The summed E-state index contributed by atoms with van der Waals surface area (Å²) in [6.07, 6.45) is 3.48. The summed E-state index contributed by atoms with van der Waals surface area (Å²) in [5.41, 5.74) is 0. The van der Waals surface area contributed by atoms with E-state index >= 15 is 0 Å². The highest BCUT2D eigenvalue weighted by atomic mass is 32.2. The Morgan fingerprint density at radius 3 is 2.03 bits per heavy atom. The molecule has 2 aromatic carbocycles. The number of ether oxygens (including phenoxy) is 1. The molecule has 1 aliphatic heterocycles. The predicted molar refractivity (Wildman–Crippen MR) is 123 cm³/mol. The molecule has 1 aliphatic rings. The largest absolute Gasteiger partial charge is 0.457 e. The molecule has 1 saturated heterocycles. The molecule has 0 unspecified atom stereocenters. The molecular weight excluding hydrogens is 440 g/mol. The fourth-order valence-electron chi connectivity index (χ4n) is 3.62. The molecule has 5 rings (SSSR count). The number of hydrogen-bond acceptors (Lipinski definition) is 7. The highest BCUT2D eigenvalue weighted by molar-refractivity contribution is 7.89. The van der Waals surface area contributed by atoms with Gasteiger partial charge in [-0.05, 0) is 54.6 Å². The third-order valence-corrected chi connectivity index (χ3v) is 7.29. The van der Waals surface area contributed by atoms with E-state index in [0.29, 0.717) is 49.3 Å². The van der Waals surface area contributed by atoms with Crippen LogP contribution >= 0.6 is 0 Å². The molecule has 0 N–H and O–H groups in total. The molecule has 3 heterocycles. The molecule has 9 nitrogen and oxygen atoms in total. The highest BCUT2D eigenvalue weighted by Crippen LogP contribution is 2.25. The van der Waals surface area contributed by atoms with Crippen LogP contribution in [0.15, 0.2) is 90.1 Å². The molecule has 4 aromatic rings. The van der Waals surface area contributed by atoms with Crippen molar-refractivity contribution in [3.8, 4) is 17.3 Å². The average Bonchev–Trinajstić information content (AvgIpc) is 3.40. The Morgan fingerprint density at radius 1 is 0.727 bits per heavy atom. The lowest BCUT2D eigenvalue weighted by molar-refractivity contribution is 0.383. The van der Waals surface area contributed by atoms with Crippen LogP contribution in [0, 0.1) is 0 Å². The lowest BCUT2D eigenvalue weighted by atomic mass is 10.3. The Balaban J connectivity index is 1.22. The van der Waals surface area contributed by atoms with Gasteiger partial charge in [-0.2, -0.15) is 9.40 Å². The maximum absolute atomic E-state index is 13.1. The van der Waals surface area contributed by atoms with Gasteiger partial charge in [0.15, 0.2) is 11.6 Å². The molecule has 33 heavy (non-hydrogen) atoms. The lowest BCUT2D eigenvalue weighted by Crippen LogP contribution is -2.49. The standard InChI is InChI=1S/C23H22N6O3S/c30-33(31,21-9-7-20(8-10-21)32-19-5-2-1-3-6-19)28-17-15-27(16-18-28)22-11-12-23(26-25-22)29-14-4-13-24-29/h1-14H,15-18H2. The van der Waals surface area contributed by atoms with E-state index in [1.54, 1.807) is 41.3 Å². The molecule has 168 valence electrons.